The summed E-state index contributed by atoms with van der Waals surface area (Å²) in [5.41, 5.74) is 7.34. The molecule has 1 aliphatic heterocycles. The van der Waals surface area contributed by atoms with Crippen LogP contribution in [-0.2, 0) is 10.3 Å². The van der Waals surface area contributed by atoms with E-state index < -0.39 is 11.5 Å². The van der Waals surface area contributed by atoms with E-state index in [2.05, 4.69) is 10.3 Å². The summed E-state index contributed by atoms with van der Waals surface area (Å²) in [5, 5.41) is 3.38. The van der Waals surface area contributed by atoms with Crippen molar-refractivity contribution >= 4 is 11.5 Å². The number of alkyl halides is 2. The van der Waals surface area contributed by atoms with Gasteiger partial charge in [0.15, 0.2) is 0 Å². The van der Waals surface area contributed by atoms with Crippen LogP contribution in [0.1, 0.15) is 38.2 Å². The number of nitrogens with two attached hydrogens (primary N) is 1. The lowest BCUT2D eigenvalue weighted by molar-refractivity contribution is -0.0443. The molecule has 1 unspecified atom stereocenters. The van der Waals surface area contributed by atoms with Crippen LogP contribution in [0.3, 0.4) is 0 Å². The van der Waals surface area contributed by atoms with E-state index in [1.165, 1.54) is 0 Å². The van der Waals surface area contributed by atoms with Gasteiger partial charge < -0.3 is 15.8 Å². The molecule has 0 spiro atoms. The van der Waals surface area contributed by atoms with Gasteiger partial charge in [-0.05, 0) is 43.4 Å². The van der Waals surface area contributed by atoms with Crippen molar-refractivity contribution in [2.75, 3.05) is 25.1 Å². The van der Waals surface area contributed by atoms with Crippen molar-refractivity contribution in [3.05, 3.63) is 29.8 Å². The highest BCUT2D eigenvalue weighted by atomic mass is 19.3. The molecule has 1 saturated carbocycles. The number of ether oxygens (including phenoxy) is 1. The van der Waals surface area contributed by atoms with Gasteiger partial charge in [0.2, 0.25) is 5.92 Å². The predicted octanol–water partition coefficient (Wildman–Crippen LogP) is 3.53. The van der Waals surface area contributed by atoms with Gasteiger partial charge in [-0.2, -0.15) is 0 Å². The fourth-order valence-electron chi connectivity index (χ4n) is 3.41. The van der Waals surface area contributed by atoms with Crippen molar-refractivity contribution in [3.8, 4) is 0 Å². The van der Waals surface area contributed by atoms with E-state index in [1.807, 2.05) is 31.2 Å². The van der Waals surface area contributed by atoms with E-state index in [0.717, 1.165) is 17.8 Å². The predicted molar refractivity (Wildman–Crippen MR) is 91.6 cm³/mol. The highest BCUT2D eigenvalue weighted by Crippen LogP contribution is 2.36. The van der Waals surface area contributed by atoms with E-state index in [-0.39, 0.29) is 12.8 Å². The number of aliphatic imine (C=N–C) groups is 1. The van der Waals surface area contributed by atoms with E-state index >= 15 is 0 Å². The normalized spacial score (nSPS) is 27.5. The van der Waals surface area contributed by atoms with Gasteiger partial charge in [0.05, 0.1) is 6.61 Å². The smallest absolute Gasteiger partial charge is 0.248 e. The average molecular weight is 337 g/mol. The number of hydrogen-bond acceptors (Lipinski definition) is 4. The molecule has 2 aliphatic rings. The third-order valence-corrected chi connectivity index (χ3v) is 4.94. The van der Waals surface area contributed by atoms with Crippen LogP contribution >= 0.6 is 0 Å². The van der Waals surface area contributed by atoms with Crippen molar-refractivity contribution in [1.29, 1.82) is 0 Å². The van der Waals surface area contributed by atoms with Gasteiger partial charge in [-0.25, -0.2) is 8.78 Å². The van der Waals surface area contributed by atoms with E-state index in [9.17, 15) is 8.78 Å². The Morgan fingerprint density at radius 1 is 1.33 bits per heavy atom. The highest BCUT2D eigenvalue weighted by Gasteiger charge is 2.34. The van der Waals surface area contributed by atoms with Crippen LogP contribution in [0, 0.1) is 5.92 Å². The summed E-state index contributed by atoms with van der Waals surface area (Å²) in [6, 6.07) is 8.01. The molecule has 4 nitrogen and oxygen atoms in total. The fraction of sp³-hybridized carbons (Fsp3) is 0.611. The summed E-state index contributed by atoms with van der Waals surface area (Å²) in [5.74, 6) is -1.66. The van der Waals surface area contributed by atoms with E-state index in [4.69, 9.17) is 10.5 Å². The zero-order valence-electron chi connectivity index (χ0n) is 14.0. The minimum atomic E-state index is -2.47. The third kappa shape index (κ3) is 4.04. The molecular weight excluding hydrogens is 312 g/mol. The maximum atomic E-state index is 13.2. The van der Waals surface area contributed by atoms with Crippen LogP contribution in [-0.4, -0.2) is 31.5 Å². The molecule has 6 heteroatoms. The van der Waals surface area contributed by atoms with Gasteiger partial charge in [-0.3, -0.25) is 4.99 Å². The molecule has 24 heavy (non-hydrogen) atoms. The Hall–Kier alpha value is -1.69. The summed E-state index contributed by atoms with van der Waals surface area (Å²) in [4.78, 5) is 4.55. The van der Waals surface area contributed by atoms with Crippen molar-refractivity contribution in [2.45, 2.75) is 44.1 Å². The first-order chi connectivity index (χ1) is 11.4. The second kappa shape index (κ2) is 6.67. The standard InChI is InChI=1S/C18H25F2N3O/c1-17(12-24-11-16(21)23-17)14-3-2-4-15(9-14)22-10-13-5-7-18(19,20)8-6-13/h2-4,9,13,22H,5-8,10-12H2,1H3,(H2,21,23). The van der Waals surface area contributed by atoms with E-state index in [1.54, 1.807) is 0 Å². The summed E-state index contributed by atoms with van der Waals surface area (Å²) in [6.45, 7) is 3.59. The van der Waals surface area contributed by atoms with Gasteiger partial charge in [-0.15, -0.1) is 0 Å². The first kappa shape index (κ1) is 17.1. The first-order valence-corrected chi connectivity index (χ1v) is 8.51. The van der Waals surface area contributed by atoms with Crippen LogP contribution in [0.2, 0.25) is 0 Å². The second-order valence-corrected chi connectivity index (χ2v) is 7.13. The number of halogens is 2. The fourth-order valence-corrected chi connectivity index (χ4v) is 3.41. The summed E-state index contributed by atoms with van der Waals surface area (Å²) in [6.07, 6.45) is 1.16. The lowest BCUT2D eigenvalue weighted by Gasteiger charge is -2.31. The monoisotopic (exact) mass is 337 g/mol. The first-order valence-electron chi connectivity index (χ1n) is 8.51. The third-order valence-electron chi connectivity index (χ3n) is 4.94. The zero-order chi connectivity index (χ0) is 17.2. The van der Waals surface area contributed by atoms with Crippen molar-refractivity contribution in [2.24, 2.45) is 16.6 Å². The molecule has 0 bridgehead atoms. The number of nitrogens with one attached hydrogen (secondary N) is 1. The molecule has 1 aliphatic carbocycles. The number of hydrogen-bond donors (Lipinski definition) is 2. The van der Waals surface area contributed by atoms with Gasteiger partial charge in [-0.1, -0.05) is 12.1 Å². The number of anilines is 1. The summed E-state index contributed by atoms with van der Waals surface area (Å²) < 4.78 is 32.0. The largest absolute Gasteiger partial charge is 0.386 e. The average Bonchev–Trinajstić information content (AvgIpc) is 2.54. The molecule has 132 valence electrons. The Morgan fingerprint density at radius 2 is 2.08 bits per heavy atom. The molecule has 0 saturated heterocycles. The Balaban J connectivity index is 1.63. The molecule has 0 aromatic heterocycles. The number of amidine groups is 1. The highest BCUT2D eigenvalue weighted by molar-refractivity contribution is 5.82. The van der Waals surface area contributed by atoms with E-state index in [0.29, 0.717) is 37.8 Å². The Labute approximate surface area is 141 Å². The SMILES string of the molecule is CC1(c2cccc(NCC3CCC(F)(F)CC3)c2)COCC(N)=N1. The van der Waals surface area contributed by atoms with Crippen molar-refractivity contribution in [1.82, 2.24) is 0 Å². The van der Waals surface area contributed by atoms with Crippen LogP contribution in [0.5, 0.6) is 0 Å². The molecule has 1 aromatic carbocycles. The summed E-state index contributed by atoms with van der Waals surface area (Å²) in [7, 11) is 0. The van der Waals surface area contributed by atoms with Crippen LogP contribution < -0.4 is 11.1 Å². The molecule has 1 fully saturated rings. The molecule has 1 aromatic rings. The second-order valence-electron chi connectivity index (χ2n) is 7.13. The Morgan fingerprint density at radius 3 is 2.79 bits per heavy atom. The van der Waals surface area contributed by atoms with Gasteiger partial charge in [0.25, 0.3) is 0 Å². The number of benzene rings is 1. The molecule has 1 heterocycles. The van der Waals surface area contributed by atoms with Gasteiger partial charge >= 0.3 is 0 Å². The Bertz CT molecular complexity index is 610. The zero-order valence-corrected chi connectivity index (χ0v) is 14.0. The molecular formula is C18H25F2N3O. The number of nitrogens with zero attached hydrogens (tertiary/aromatic N) is 1. The molecule has 3 rings (SSSR count). The summed E-state index contributed by atoms with van der Waals surface area (Å²) >= 11 is 0. The minimum absolute atomic E-state index is 0.00277. The van der Waals surface area contributed by atoms with Crippen LogP contribution in [0.25, 0.3) is 0 Å². The minimum Gasteiger partial charge on any atom is -0.386 e. The van der Waals surface area contributed by atoms with Crippen LogP contribution in [0.4, 0.5) is 14.5 Å². The quantitative estimate of drug-likeness (QED) is 0.884. The lowest BCUT2D eigenvalue weighted by Crippen LogP contribution is -2.37. The van der Waals surface area contributed by atoms with Gasteiger partial charge in [0, 0.05) is 25.1 Å². The van der Waals surface area contributed by atoms with Crippen molar-refractivity contribution in [3.63, 3.8) is 0 Å². The Kier molecular flexibility index (Phi) is 4.76. The topological polar surface area (TPSA) is 59.6 Å². The molecule has 0 radical (unpaired) electrons. The lowest BCUT2D eigenvalue weighted by atomic mass is 9.86. The maximum Gasteiger partial charge on any atom is 0.248 e. The van der Waals surface area contributed by atoms with Crippen molar-refractivity contribution < 1.29 is 13.5 Å². The number of rotatable bonds is 4. The van der Waals surface area contributed by atoms with Gasteiger partial charge in [0.1, 0.15) is 18.0 Å². The molecule has 0 amide bonds. The van der Waals surface area contributed by atoms with Crippen LogP contribution in [0.15, 0.2) is 29.3 Å². The molecule has 1 atom stereocenters. The maximum absolute atomic E-state index is 13.2. The molecule has 3 N–H and O–H groups in total.